The fraction of sp³-hybridized carbons (Fsp3) is 0.316. The zero-order valence-electron chi connectivity index (χ0n) is 13.7. The van der Waals surface area contributed by atoms with Gasteiger partial charge in [0.05, 0.1) is 5.69 Å². The quantitative estimate of drug-likeness (QED) is 0.714. The molecule has 1 fully saturated rings. The van der Waals surface area contributed by atoms with Crippen LogP contribution in [0.25, 0.3) is 5.69 Å². The Bertz CT molecular complexity index is 726. The molecule has 24 heavy (non-hydrogen) atoms. The van der Waals surface area contributed by atoms with Crippen molar-refractivity contribution in [2.75, 3.05) is 26.2 Å². The molecule has 0 bridgehead atoms. The van der Waals surface area contributed by atoms with Crippen molar-refractivity contribution in [1.29, 1.82) is 0 Å². The SMILES string of the molecule is c1csc(CN2CCN(Cc3ccc(-n4cccn4)cc3)CC2)c1. The summed E-state index contributed by atoms with van der Waals surface area (Å²) in [6.07, 6.45) is 3.78. The summed E-state index contributed by atoms with van der Waals surface area (Å²) in [6.45, 7) is 6.74. The van der Waals surface area contributed by atoms with Crippen LogP contribution in [0.4, 0.5) is 0 Å². The number of piperazine rings is 1. The number of rotatable bonds is 5. The van der Waals surface area contributed by atoms with Crippen molar-refractivity contribution in [3.63, 3.8) is 0 Å². The van der Waals surface area contributed by atoms with E-state index in [0.717, 1.165) is 45.0 Å². The first-order chi connectivity index (χ1) is 11.9. The van der Waals surface area contributed by atoms with Gasteiger partial charge >= 0.3 is 0 Å². The van der Waals surface area contributed by atoms with Crippen molar-refractivity contribution >= 4 is 11.3 Å². The van der Waals surface area contributed by atoms with E-state index in [0.29, 0.717) is 0 Å². The number of benzene rings is 1. The summed E-state index contributed by atoms with van der Waals surface area (Å²) < 4.78 is 1.90. The molecule has 1 saturated heterocycles. The maximum absolute atomic E-state index is 4.27. The molecule has 124 valence electrons. The predicted octanol–water partition coefficient (Wildman–Crippen LogP) is 3.25. The number of hydrogen-bond acceptors (Lipinski definition) is 4. The molecule has 3 heterocycles. The van der Waals surface area contributed by atoms with Gasteiger partial charge in [0, 0.05) is 56.5 Å². The molecule has 0 amide bonds. The van der Waals surface area contributed by atoms with Crippen molar-refractivity contribution in [2.45, 2.75) is 13.1 Å². The van der Waals surface area contributed by atoms with Crippen molar-refractivity contribution in [3.8, 4) is 5.69 Å². The molecule has 4 nitrogen and oxygen atoms in total. The predicted molar refractivity (Wildman–Crippen MR) is 98.4 cm³/mol. The first kappa shape index (κ1) is 15.6. The second-order valence-electron chi connectivity index (χ2n) is 6.25. The van der Waals surface area contributed by atoms with Crippen LogP contribution in [-0.4, -0.2) is 45.8 Å². The Morgan fingerprint density at radius 1 is 0.875 bits per heavy atom. The van der Waals surface area contributed by atoms with Crippen molar-refractivity contribution in [3.05, 3.63) is 70.7 Å². The molecule has 1 aromatic carbocycles. The van der Waals surface area contributed by atoms with Crippen LogP contribution in [0.15, 0.2) is 60.2 Å². The van der Waals surface area contributed by atoms with E-state index < -0.39 is 0 Å². The molecule has 5 heteroatoms. The molecule has 0 radical (unpaired) electrons. The Kier molecular flexibility index (Phi) is 4.74. The van der Waals surface area contributed by atoms with E-state index in [1.807, 2.05) is 34.5 Å². The van der Waals surface area contributed by atoms with Crippen LogP contribution in [-0.2, 0) is 13.1 Å². The minimum absolute atomic E-state index is 1.03. The molecule has 2 aromatic heterocycles. The molecule has 0 saturated carbocycles. The fourth-order valence-corrected chi connectivity index (χ4v) is 3.91. The van der Waals surface area contributed by atoms with Crippen LogP contribution in [0.3, 0.4) is 0 Å². The Balaban J connectivity index is 1.29. The highest BCUT2D eigenvalue weighted by molar-refractivity contribution is 7.09. The largest absolute Gasteiger partial charge is 0.297 e. The number of hydrogen-bond donors (Lipinski definition) is 0. The van der Waals surface area contributed by atoms with Gasteiger partial charge in [-0.15, -0.1) is 11.3 Å². The van der Waals surface area contributed by atoms with Gasteiger partial charge in [0.25, 0.3) is 0 Å². The first-order valence-corrected chi connectivity index (χ1v) is 9.31. The maximum atomic E-state index is 4.27. The highest BCUT2D eigenvalue weighted by Crippen LogP contribution is 2.15. The smallest absolute Gasteiger partial charge is 0.0645 e. The molecular formula is C19H22N4S. The molecule has 0 unspecified atom stereocenters. The third-order valence-electron chi connectivity index (χ3n) is 4.54. The summed E-state index contributed by atoms with van der Waals surface area (Å²) in [5.41, 5.74) is 2.49. The lowest BCUT2D eigenvalue weighted by atomic mass is 10.2. The van der Waals surface area contributed by atoms with Crippen LogP contribution < -0.4 is 0 Å². The molecule has 4 rings (SSSR count). The van der Waals surface area contributed by atoms with Crippen LogP contribution in [0, 0.1) is 0 Å². The van der Waals surface area contributed by atoms with Gasteiger partial charge in [-0.05, 0) is 35.2 Å². The van der Waals surface area contributed by atoms with Crippen molar-refractivity contribution < 1.29 is 0 Å². The van der Waals surface area contributed by atoms with E-state index in [1.54, 1.807) is 0 Å². The maximum Gasteiger partial charge on any atom is 0.0645 e. The average Bonchev–Trinajstić information content (AvgIpc) is 3.31. The van der Waals surface area contributed by atoms with E-state index in [2.05, 4.69) is 56.7 Å². The van der Waals surface area contributed by atoms with Gasteiger partial charge in [-0.3, -0.25) is 9.80 Å². The number of nitrogens with zero attached hydrogens (tertiary/aromatic N) is 4. The van der Waals surface area contributed by atoms with E-state index in [9.17, 15) is 0 Å². The topological polar surface area (TPSA) is 24.3 Å². The van der Waals surface area contributed by atoms with E-state index in [4.69, 9.17) is 0 Å². The lowest BCUT2D eigenvalue weighted by Gasteiger charge is -2.34. The Hall–Kier alpha value is -1.95. The van der Waals surface area contributed by atoms with Crippen molar-refractivity contribution in [1.82, 2.24) is 19.6 Å². The molecular weight excluding hydrogens is 316 g/mol. The zero-order valence-corrected chi connectivity index (χ0v) is 14.5. The Morgan fingerprint density at radius 3 is 2.25 bits per heavy atom. The summed E-state index contributed by atoms with van der Waals surface area (Å²) in [5, 5.41) is 6.44. The van der Waals surface area contributed by atoms with Crippen LogP contribution in [0.1, 0.15) is 10.4 Å². The van der Waals surface area contributed by atoms with Crippen LogP contribution >= 0.6 is 11.3 Å². The molecule has 1 aliphatic rings. The second kappa shape index (κ2) is 7.30. The average molecular weight is 338 g/mol. The molecule has 0 atom stereocenters. The summed E-state index contributed by atoms with van der Waals surface area (Å²) in [5.74, 6) is 0. The Labute approximate surface area is 146 Å². The van der Waals surface area contributed by atoms with Crippen LogP contribution in [0.2, 0.25) is 0 Å². The molecule has 3 aromatic rings. The van der Waals surface area contributed by atoms with Gasteiger partial charge in [-0.25, -0.2) is 4.68 Å². The standard InChI is InChI=1S/C19H22N4S/c1-3-19(24-14-1)16-22-12-10-21(11-13-22)15-17-4-6-18(7-5-17)23-9-2-8-20-23/h1-9,14H,10-13,15-16H2. The van der Waals surface area contributed by atoms with Gasteiger partial charge < -0.3 is 0 Å². The first-order valence-electron chi connectivity index (χ1n) is 8.43. The second-order valence-corrected chi connectivity index (χ2v) is 7.28. The third kappa shape index (κ3) is 3.75. The summed E-state index contributed by atoms with van der Waals surface area (Å²) in [7, 11) is 0. The third-order valence-corrected chi connectivity index (χ3v) is 5.40. The Morgan fingerprint density at radius 2 is 1.62 bits per heavy atom. The summed E-state index contributed by atoms with van der Waals surface area (Å²) >= 11 is 1.86. The lowest BCUT2D eigenvalue weighted by molar-refractivity contribution is 0.123. The monoisotopic (exact) mass is 338 g/mol. The van der Waals surface area contributed by atoms with Gasteiger partial charge in [0.1, 0.15) is 0 Å². The molecule has 1 aliphatic heterocycles. The highest BCUT2D eigenvalue weighted by atomic mass is 32.1. The van der Waals surface area contributed by atoms with E-state index >= 15 is 0 Å². The van der Waals surface area contributed by atoms with Crippen LogP contribution in [0.5, 0.6) is 0 Å². The molecule has 0 aliphatic carbocycles. The zero-order chi connectivity index (χ0) is 16.2. The van der Waals surface area contributed by atoms with Gasteiger partial charge in [-0.1, -0.05) is 18.2 Å². The fourth-order valence-electron chi connectivity index (χ4n) is 3.16. The summed E-state index contributed by atoms with van der Waals surface area (Å²) in [6, 6.07) is 15.1. The number of aromatic nitrogens is 2. The normalized spacial score (nSPS) is 16.5. The van der Waals surface area contributed by atoms with E-state index in [-0.39, 0.29) is 0 Å². The lowest BCUT2D eigenvalue weighted by Crippen LogP contribution is -2.45. The number of thiophene rings is 1. The minimum Gasteiger partial charge on any atom is -0.297 e. The van der Waals surface area contributed by atoms with Gasteiger partial charge in [0.15, 0.2) is 0 Å². The minimum atomic E-state index is 1.03. The summed E-state index contributed by atoms with van der Waals surface area (Å²) in [4.78, 5) is 6.58. The van der Waals surface area contributed by atoms with E-state index in [1.165, 1.54) is 10.4 Å². The van der Waals surface area contributed by atoms with Gasteiger partial charge in [-0.2, -0.15) is 5.10 Å². The highest BCUT2D eigenvalue weighted by Gasteiger charge is 2.17. The van der Waals surface area contributed by atoms with Gasteiger partial charge in [0.2, 0.25) is 0 Å². The molecule has 0 N–H and O–H groups in total. The van der Waals surface area contributed by atoms with Crippen molar-refractivity contribution in [2.24, 2.45) is 0 Å². The molecule has 0 spiro atoms.